The third kappa shape index (κ3) is 3.39. The molecule has 0 bridgehead atoms. The van der Waals surface area contributed by atoms with Crippen molar-refractivity contribution in [2.24, 2.45) is 5.92 Å². The van der Waals surface area contributed by atoms with Crippen molar-refractivity contribution in [2.45, 2.75) is 31.6 Å². The van der Waals surface area contributed by atoms with Crippen LogP contribution in [0.2, 0.25) is 0 Å². The van der Waals surface area contributed by atoms with Gasteiger partial charge in [0.1, 0.15) is 0 Å². The topological polar surface area (TPSA) is 55.6 Å². The van der Waals surface area contributed by atoms with Crippen molar-refractivity contribution in [2.75, 3.05) is 13.1 Å². The van der Waals surface area contributed by atoms with Gasteiger partial charge in [-0.3, -0.25) is 0 Å². The van der Waals surface area contributed by atoms with Gasteiger partial charge in [0.2, 0.25) is 0 Å². The molecule has 1 fully saturated rings. The molecule has 1 N–H and O–H groups in total. The highest BCUT2D eigenvalue weighted by molar-refractivity contribution is 6.31. The van der Waals surface area contributed by atoms with Crippen LogP contribution in [0.15, 0.2) is 47.8 Å². The van der Waals surface area contributed by atoms with Crippen LogP contribution < -0.4 is 5.32 Å². The minimum Gasteiger partial charge on any atom is -0.317 e. The summed E-state index contributed by atoms with van der Waals surface area (Å²) in [6.07, 6.45) is 12.0. The third-order valence-corrected chi connectivity index (χ3v) is 5.30. The first kappa shape index (κ1) is 16.5. The molecular formula is C19H22ClN5. The highest BCUT2D eigenvalue weighted by Crippen LogP contribution is 2.35. The Kier molecular flexibility index (Phi) is 4.68. The molecule has 0 aromatic carbocycles. The van der Waals surface area contributed by atoms with Crippen LogP contribution >= 0.6 is 11.6 Å². The van der Waals surface area contributed by atoms with Gasteiger partial charge in [-0.05, 0) is 50.1 Å². The molecule has 4 rings (SSSR count). The summed E-state index contributed by atoms with van der Waals surface area (Å²) in [5, 5.41) is 9.13. The van der Waals surface area contributed by atoms with E-state index in [1.165, 1.54) is 5.69 Å². The van der Waals surface area contributed by atoms with Crippen molar-refractivity contribution < 1.29 is 0 Å². The van der Waals surface area contributed by atoms with E-state index in [4.69, 9.17) is 16.7 Å². The number of nitrogens with one attached hydrogen (secondary N) is 1. The highest BCUT2D eigenvalue weighted by Gasteiger charge is 2.27. The summed E-state index contributed by atoms with van der Waals surface area (Å²) in [4.78, 5) is 8.83. The summed E-state index contributed by atoms with van der Waals surface area (Å²) in [6.45, 7) is 4.26. The highest BCUT2D eigenvalue weighted by atomic mass is 35.5. The lowest BCUT2D eigenvalue weighted by Gasteiger charge is -2.22. The Morgan fingerprint density at radius 3 is 2.68 bits per heavy atom. The second kappa shape index (κ2) is 7.10. The van der Waals surface area contributed by atoms with E-state index >= 15 is 0 Å². The first-order chi connectivity index (χ1) is 12.2. The van der Waals surface area contributed by atoms with Crippen LogP contribution in [0.4, 0.5) is 0 Å². The van der Waals surface area contributed by atoms with Crippen molar-refractivity contribution in [3.05, 3.63) is 59.2 Å². The molecule has 1 aliphatic heterocycles. The maximum Gasteiger partial charge on any atom is 0.250 e. The van der Waals surface area contributed by atoms with Crippen LogP contribution in [0.25, 0.3) is 5.95 Å². The fourth-order valence-electron chi connectivity index (χ4n) is 3.70. The molecule has 0 saturated carbocycles. The monoisotopic (exact) mass is 355 g/mol. The van der Waals surface area contributed by atoms with E-state index in [-0.39, 0.29) is 5.92 Å². The van der Waals surface area contributed by atoms with Gasteiger partial charge in [-0.25, -0.2) is 14.6 Å². The molecule has 0 radical (unpaired) electrons. The predicted molar refractivity (Wildman–Crippen MR) is 99.0 cm³/mol. The van der Waals surface area contributed by atoms with E-state index in [1.54, 1.807) is 12.4 Å². The molecule has 2 atom stereocenters. The van der Waals surface area contributed by atoms with Gasteiger partial charge in [0.25, 0.3) is 5.95 Å². The molecule has 1 saturated heterocycles. The zero-order valence-corrected chi connectivity index (χ0v) is 15.0. The van der Waals surface area contributed by atoms with Gasteiger partial charge >= 0.3 is 0 Å². The van der Waals surface area contributed by atoms with Gasteiger partial charge in [-0.15, -0.1) is 0 Å². The standard InChI is InChI=1S/C19H22ClN5/c1-13-11-15(20)3-4-16(13)17-12-18(14-5-9-21-10-6-14)25(24-17)19-22-7-2-8-23-19/h2-4,7-8,11-14,16,21H,5-6,9-10H2,1H3. The van der Waals surface area contributed by atoms with Gasteiger partial charge in [-0.1, -0.05) is 30.7 Å². The molecule has 2 aromatic heterocycles. The molecule has 25 heavy (non-hydrogen) atoms. The number of nitrogens with zero attached hydrogens (tertiary/aromatic N) is 4. The van der Waals surface area contributed by atoms with Crippen LogP contribution in [0, 0.1) is 5.92 Å². The van der Waals surface area contributed by atoms with E-state index in [9.17, 15) is 0 Å². The molecule has 5 nitrogen and oxygen atoms in total. The number of hydrogen-bond acceptors (Lipinski definition) is 4. The summed E-state index contributed by atoms with van der Waals surface area (Å²) in [5.74, 6) is 1.67. The van der Waals surface area contributed by atoms with Crippen molar-refractivity contribution in [3.63, 3.8) is 0 Å². The normalized spacial score (nSPS) is 24.3. The number of allylic oxidation sites excluding steroid dienone is 4. The lowest BCUT2D eigenvalue weighted by molar-refractivity contribution is 0.444. The van der Waals surface area contributed by atoms with E-state index in [1.807, 2.05) is 16.8 Å². The quantitative estimate of drug-likeness (QED) is 0.914. The maximum absolute atomic E-state index is 6.14. The lowest BCUT2D eigenvalue weighted by atomic mass is 9.86. The fraction of sp³-hybridized carbons (Fsp3) is 0.421. The average Bonchev–Trinajstić information content (AvgIpc) is 3.08. The summed E-state index contributed by atoms with van der Waals surface area (Å²) in [7, 11) is 0. The van der Waals surface area contributed by atoms with Crippen molar-refractivity contribution in [1.29, 1.82) is 0 Å². The molecule has 3 heterocycles. The van der Waals surface area contributed by atoms with Crippen LogP contribution in [-0.2, 0) is 0 Å². The Balaban J connectivity index is 1.74. The fourth-order valence-corrected chi connectivity index (χ4v) is 3.97. The molecule has 2 unspecified atom stereocenters. The van der Waals surface area contributed by atoms with Crippen LogP contribution in [-0.4, -0.2) is 32.8 Å². The number of halogens is 1. The Bertz CT molecular complexity index is 789. The molecule has 130 valence electrons. The number of hydrogen-bond donors (Lipinski definition) is 1. The smallest absolute Gasteiger partial charge is 0.250 e. The minimum absolute atomic E-state index is 0.230. The molecule has 0 amide bonds. The second-order valence-corrected chi connectivity index (χ2v) is 7.21. The Morgan fingerprint density at radius 1 is 1.20 bits per heavy atom. The van der Waals surface area contributed by atoms with Crippen molar-refractivity contribution >= 4 is 11.6 Å². The predicted octanol–water partition coefficient (Wildman–Crippen LogP) is 3.54. The number of rotatable bonds is 3. The van der Waals surface area contributed by atoms with Gasteiger partial charge in [0.05, 0.1) is 11.4 Å². The van der Waals surface area contributed by atoms with Crippen LogP contribution in [0.5, 0.6) is 0 Å². The maximum atomic E-state index is 6.14. The molecule has 6 heteroatoms. The Morgan fingerprint density at radius 2 is 1.96 bits per heavy atom. The Hall–Kier alpha value is -1.98. The van der Waals surface area contributed by atoms with E-state index in [0.29, 0.717) is 17.8 Å². The van der Waals surface area contributed by atoms with Crippen LogP contribution in [0.3, 0.4) is 0 Å². The van der Waals surface area contributed by atoms with Crippen LogP contribution in [0.1, 0.15) is 43.0 Å². The molecule has 2 aromatic rings. The lowest BCUT2D eigenvalue weighted by Crippen LogP contribution is -2.27. The Labute approximate surface area is 152 Å². The summed E-state index contributed by atoms with van der Waals surface area (Å²) < 4.78 is 1.94. The molecular weight excluding hydrogens is 334 g/mol. The summed E-state index contributed by atoms with van der Waals surface area (Å²) in [6, 6.07) is 4.07. The summed E-state index contributed by atoms with van der Waals surface area (Å²) >= 11 is 6.14. The number of aromatic nitrogens is 4. The molecule has 0 spiro atoms. The van der Waals surface area contributed by atoms with Crippen molar-refractivity contribution in [3.8, 4) is 5.95 Å². The second-order valence-electron chi connectivity index (χ2n) is 6.77. The SMILES string of the molecule is CC1C=C(Cl)C=CC1c1cc(C2CCNCC2)n(-c2ncccn2)n1. The first-order valence-electron chi connectivity index (χ1n) is 8.86. The molecule has 1 aliphatic carbocycles. The average molecular weight is 356 g/mol. The molecule has 2 aliphatic rings. The third-order valence-electron chi connectivity index (χ3n) is 5.05. The van der Waals surface area contributed by atoms with E-state index < -0.39 is 0 Å². The van der Waals surface area contributed by atoms with Gasteiger partial charge < -0.3 is 5.32 Å². The number of piperidine rings is 1. The van der Waals surface area contributed by atoms with Crippen molar-refractivity contribution in [1.82, 2.24) is 25.1 Å². The first-order valence-corrected chi connectivity index (χ1v) is 9.23. The summed E-state index contributed by atoms with van der Waals surface area (Å²) in [5.41, 5.74) is 2.27. The van der Waals surface area contributed by atoms with E-state index in [2.05, 4.69) is 40.4 Å². The zero-order valence-electron chi connectivity index (χ0n) is 14.3. The zero-order chi connectivity index (χ0) is 17.2. The van der Waals surface area contributed by atoms with Gasteiger partial charge in [-0.2, -0.15) is 5.10 Å². The minimum atomic E-state index is 0.230. The van der Waals surface area contributed by atoms with Gasteiger partial charge in [0.15, 0.2) is 0 Å². The van der Waals surface area contributed by atoms with Gasteiger partial charge in [0, 0.05) is 29.3 Å². The largest absolute Gasteiger partial charge is 0.317 e. The van der Waals surface area contributed by atoms with E-state index in [0.717, 1.165) is 36.7 Å².